The fraction of sp³-hybridized carbons (Fsp3) is 0.308. The summed E-state index contributed by atoms with van der Waals surface area (Å²) in [5, 5.41) is 3.85. The Morgan fingerprint density at radius 1 is 1.44 bits per heavy atom. The van der Waals surface area contributed by atoms with Crippen LogP contribution in [-0.4, -0.2) is 16.4 Å². The van der Waals surface area contributed by atoms with Crippen LogP contribution in [0.5, 0.6) is 5.75 Å². The van der Waals surface area contributed by atoms with E-state index in [1.807, 2.05) is 0 Å². The summed E-state index contributed by atoms with van der Waals surface area (Å²) in [6, 6.07) is 6.95. The first-order valence-corrected chi connectivity index (χ1v) is 5.85. The lowest BCUT2D eigenvalue weighted by Crippen LogP contribution is -1.98. The van der Waals surface area contributed by atoms with Gasteiger partial charge in [0.05, 0.1) is 0 Å². The molecule has 5 nitrogen and oxygen atoms in total. The quantitative estimate of drug-likeness (QED) is 0.755. The SMILES string of the molecule is O=Cc1cccc(OCc2noc(C3CC3)n2)c1. The fourth-order valence-corrected chi connectivity index (χ4v) is 1.65. The van der Waals surface area contributed by atoms with Gasteiger partial charge in [0.1, 0.15) is 12.0 Å². The number of aromatic nitrogens is 2. The minimum Gasteiger partial charge on any atom is -0.485 e. The van der Waals surface area contributed by atoms with Crippen molar-refractivity contribution in [2.75, 3.05) is 0 Å². The van der Waals surface area contributed by atoms with Gasteiger partial charge in [-0.05, 0) is 25.0 Å². The van der Waals surface area contributed by atoms with E-state index < -0.39 is 0 Å². The summed E-state index contributed by atoms with van der Waals surface area (Å²) in [7, 11) is 0. The van der Waals surface area contributed by atoms with Gasteiger partial charge in [0.2, 0.25) is 11.7 Å². The molecule has 3 rings (SSSR count). The molecule has 1 fully saturated rings. The third-order valence-corrected chi connectivity index (χ3v) is 2.77. The average Bonchev–Trinajstić information content (AvgIpc) is 3.16. The number of nitrogens with zero attached hydrogens (tertiary/aromatic N) is 2. The molecule has 0 radical (unpaired) electrons. The summed E-state index contributed by atoms with van der Waals surface area (Å²) in [5.74, 6) is 2.31. The van der Waals surface area contributed by atoms with E-state index in [2.05, 4.69) is 10.1 Å². The smallest absolute Gasteiger partial charge is 0.229 e. The van der Waals surface area contributed by atoms with Crippen molar-refractivity contribution >= 4 is 6.29 Å². The van der Waals surface area contributed by atoms with Crippen LogP contribution in [-0.2, 0) is 6.61 Å². The molecular formula is C13H12N2O3. The Bertz CT molecular complexity index is 561. The predicted molar refractivity (Wildman–Crippen MR) is 62.4 cm³/mol. The molecule has 1 saturated carbocycles. The maximum absolute atomic E-state index is 10.6. The van der Waals surface area contributed by atoms with E-state index in [0.29, 0.717) is 28.9 Å². The molecule has 1 heterocycles. The Kier molecular flexibility index (Phi) is 2.80. The van der Waals surface area contributed by atoms with E-state index in [1.54, 1.807) is 24.3 Å². The Hall–Kier alpha value is -2.17. The maximum atomic E-state index is 10.6. The molecule has 1 aliphatic carbocycles. The van der Waals surface area contributed by atoms with Crippen molar-refractivity contribution in [3.05, 3.63) is 41.5 Å². The van der Waals surface area contributed by atoms with Crippen LogP contribution in [0.1, 0.15) is 40.8 Å². The van der Waals surface area contributed by atoms with Crippen molar-refractivity contribution in [1.29, 1.82) is 0 Å². The number of rotatable bonds is 5. The summed E-state index contributed by atoms with van der Waals surface area (Å²) < 4.78 is 10.6. The van der Waals surface area contributed by atoms with Gasteiger partial charge in [0, 0.05) is 11.5 Å². The molecule has 0 aliphatic heterocycles. The third-order valence-electron chi connectivity index (χ3n) is 2.77. The first-order chi connectivity index (χ1) is 8.85. The molecular weight excluding hydrogens is 232 g/mol. The third kappa shape index (κ3) is 2.40. The van der Waals surface area contributed by atoms with Crippen LogP contribution in [0.2, 0.25) is 0 Å². The van der Waals surface area contributed by atoms with Crippen molar-refractivity contribution in [1.82, 2.24) is 10.1 Å². The normalized spacial score (nSPS) is 14.4. The standard InChI is InChI=1S/C13H12N2O3/c16-7-9-2-1-3-11(6-9)17-8-12-14-13(18-15-12)10-4-5-10/h1-3,6-7,10H,4-5,8H2. The number of carbonyl (C=O) groups is 1. The minimum atomic E-state index is 0.249. The van der Waals surface area contributed by atoms with Crippen LogP contribution < -0.4 is 4.74 Å². The van der Waals surface area contributed by atoms with Gasteiger partial charge in [-0.15, -0.1) is 0 Å². The van der Waals surface area contributed by atoms with E-state index in [1.165, 1.54) is 0 Å². The van der Waals surface area contributed by atoms with Crippen LogP contribution in [0.25, 0.3) is 0 Å². The average molecular weight is 244 g/mol. The van der Waals surface area contributed by atoms with Gasteiger partial charge in [0.25, 0.3) is 0 Å². The lowest BCUT2D eigenvalue weighted by atomic mass is 10.2. The fourth-order valence-electron chi connectivity index (χ4n) is 1.65. The molecule has 0 N–H and O–H groups in total. The number of ether oxygens (including phenoxy) is 1. The van der Waals surface area contributed by atoms with E-state index in [-0.39, 0.29) is 6.61 Å². The molecule has 0 amide bonds. The van der Waals surface area contributed by atoms with Crippen LogP contribution in [0.3, 0.4) is 0 Å². The number of carbonyl (C=O) groups excluding carboxylic acids is 1. The lowest BCUT2D eigenvalue weighted by molar-refractivity contribution is 0.112. The van der Waals surface area contributed by atoms with Gasteiger partial charge < -0.3 is 9.26 Å². The second kappa shape index (κ2) is 4.60. The number of hydrogen-bond acceptors (Lipinski definition) is 5. The lowest BCUT2D eigenvalue weighted by Gasteiger charge is -2.02. The first kappa shape index (κ1) is 11.0. The van der Waals surface area contributed by atoms with Crippen molar-refractivity contribution in [2.24, 2.45) is 0 Å². The van der Waals surface area contributed by atoms with Crippen LogP contribution in [0.15, 0.2) is 28.8 Å². The molecule has 1 aromatic carbocycles. The molecule has 2 aromatic rings. The molecule has 0 unspecified atom stereocenters. The van der Waals surface area contributed by atoms with Gasteiger partial charge in [-0.25, -0.2) is 0 Å². The second-order valence-electron chi connectivity index (χ2n) is 4.30. The molecule has 92 valence electrons. The predicted octanol–water partition coefficient (Wildman–Crippen LogP) is 2.34. The molecule has 0 bridgehead atoms. The molecule has 18 heavy (non-hydrogen) atoms. The van der Waals surface area contributed by atoms with E-state index >= 15 is 0 Å². The van der Waals surface area contributed by atoms with Gasteiger partial charge in [0.15, 0.2) is 6.61 Å². The summed E-state index contributed by atoms with van der Waals surface area (Å²) >= 11 is 0. The molecule has 1 aliphatic rings. The van der Waals surface area contributed by atoms with Crippen molar-refractivity contribution in [3.8, 4) is 5.75 Å². The molecule has 1 aromatic heterocycles. The zero-order chi connectivity index (χ0) is 12.4. The topological polar surface area (TPSA) is 65.2 Å². The van der Waals surface area contributed by atoms with E-state index in [0.717, 1.165) is 19.1 Å². The highest BCUT2D eigenvalue weighted by atomic mass is 16.5. The molecule has 0 saturated heterocycles. The molecule has 5 heteroatoms. The molecule has 0 atom stereocenters. The zero-order valence-corrected chi connectivity index (χ0v) is 9.70. The van der Waals surface area contributed by atoms with Crippen LogP contribution in [0.4, 0.5) is 0 Å². The van der Waals surface area contributed by atoms with Crippen molar-refractivity contribution in [2.45, 2.75) is 25.4 Å². The summed E-state index contributed by atoms with van der Waals surface area (Å²) in [6.45, 7) is 0.249. The Balaban J connectivity index is 1.63. The Morgan fingerprint density at radius 2 is 2.33 bits per heavy atom. The van der Waals surface area contributed by atoms with Gasteiger partial charge in [-0.3, -0.25) is 4.79 Å². The number of aldehydes is 1. The van der Waals surface area contributed by atoms with Gasteiger partial charge in [-0.2, -0.15) is 4.98 Å². The molecule has 0 spiro atoms. The van der Waals surface area contributed by atoms with E-state index in [4.69, 9.17) is 9.26 Å². The maximum Gasteiger partial charge on any atom is 0.229 e. The minimum absolute atomic E-state index is 0.249. The van der Waals surface area contributed by atoms with E-state index in [9.17, 15) is 4.79 Å². The monoisotopic (exact) mass is 244 g/mol. The highest BCUT2D eigenvalue weighted by Crippen LogP contribution is 2.38. The van der Waals surface area contributed by atoms with Crippen molar-refractivity contribution in [3.63, 3.8) is 0 Å². The zero-order valence-electron chi connectivity index (χ0n) is 9.70. The second-order valence-corrected chi connectivity index (χ2v) is 4.30. The van der Waals surface area contributed by atoms with Gasteiger partial charge in [-0.1, -0.05) is 17.3 Å². The first-order valence-electron chi connectivity index (χ1n) is 5.85. The highest BCUT2D eigenvalue weighted by molar-refractivity contribution is 5.75. The summed E-state index contributed by atoms with van der Waals surface area (Å²) in [6.07, 6.45) is 3.04. The number of benzene rings is 1. The van der Waals surface area contributed by atoms with Crippen LogP contribution >= 0.6 is 0 Å². The summed E-state index contributed by atoms with van der Waals surface area (Å²) in [4.78, 5) is 14.9. The Morgan fingerprint density at radius 3 is 3.11 bits per heavy atom. The Labute approximate surface area is 104 Å². The van der Waals surface area contributed by atoms with Crippen molar-refractivity contribution < 1.29 is 14.1 Å². The largest absolute Gasteiger partial charge is 0.485 e. The number of hydrogen-bond donors (Lipinski definition) is 0. The summed E-state index contributed by atoms with van der Waals surface area (Å²) in [5.41, 5.74) is 0.583. The highest BCUT2D eigenvalue weighted by Gasteiger charge is 2.29. The van der Waals surface area contributed by atoms with Crippen LogP contribution in [0, 0.1) is 0 Å². The van der Waals surface area contributed by atoms with Gasteiger partial charge >= 0.3 is 0 Å².